The maximum absolute atomic E-state index is 14.0. The van der Waals surface area contributed by atoms with E-state index in [1.165, 1.54) is 6.92 Å². The van der Waals surface area contributed by atoms with E-state index in [2.05, 4.69) is 5.32 Å². The van der Waals surface area contributed by atoms with Crippen LogP contribution in [0.1, 0.15) is 33.3 Å². The van der Waals surface area contributed by atoms with Crippen LogP contribution in [0.15, 0.2) is 29.2 Å². The molecule has 1 saturated heterocycles. The highest BCUT2D eigenvalue weighted by Gasteiger charge is 2.50. The van der Waals surface area contributed by atoms with Gasteiger partial charge >= 0.3 is 0 Å². The summed E-state index contributed by atoms with van der Waals surface area (Å²) in [5.41, 5.74) is -4.06. The molecule has 2 bridgehead atoms. The van der Waals surface area contributed by atoms with E-state index in [-0.39, 0.29) is 12.1 Å². The summed E-state index contributed by atoms with van der Waals surface area (Å²) in [6.07, 6.45) is 0.937. The Hall–Kier alpha value is -3.41. The lowest BCUT2D eigenvalue weighted by Crippen LogP contribution is -2.54. The van der Waals surface area contributed by atoms with E-state index in [0.29, 0.717) is 6.07 Å². The Labute approximate surface area is 178 Å². The molecule has 2 amide bonds. The fraction of sp³-hybridized carbons (Fsp3) is 0.350. The van der Waals surface area contributed by atoms with Crippen LogP contribution >= 0.6 is 0 Å². The zero-order valence-electron chi connectivity index (χ0n) is 16.6. The number of aromatic hydroxyl groups is 1. The molecule has 1 aromatic carbocycles. The SMILES string of the molecule is CC12CN(CC(F)(F)CO1)C(=O)c1c(O)c(=O)c(C(=O)NCc3ccc(F)cc3F)cn12. The van der Waals surface area contributed by atoms with E-state index in [1.807, 2.05) is 0 Å². The summed E-state index contributed by atoms with van der Waals surface area (Å²) in [4.78, 5) is 38.6. The van der Waals surface area contributed by atoms with Crippen LogP contribution in [0.25, 0.3) is 0 Å². The van der Waals surface area contributed by atoms with Gasteiger partial charge in [0.2, 0.25) is 5.43 Å². The molecule has 2 N–H and O–H groups in total. The molecule has 1 fully saturated rings. The summed E-state index contributed by atoms with van der Waals surface area (Å²) in [7, 11) is 0. The number of nitrogens with zero attached hydrogens (tertiary/aromatic N) is 2. The number of ether oxygens (including phenoxy) is 1. The third kappa shape index (κ3) is 3.60. The Morgan fingerprint density at radius 2 is 1.97 bits per heavy atom. The van der Waals surface area contributed by atoms with Crippen molar-refractivity contribution in [2.24, 2.45) is 0 Å². The van der Waals surface area contributed by atoms with E-state index in [1.54, 1.807) is 0 Å². The van der Waals surface area contributed by atoms with Crippen molar-refractivity contribution >= 4 is 11.8 Å². The van der Waals surface area contributed by atoms with Crippen molar-refractivity contribution in [2.45, 2.75) is 25.1 Å². The van der Waals surface area contributed by atoms with Gasteiger partial charge in [-0.3, -0.25) is 14.4 Å². The van der Waals surface area contributed by atoms with Crippen LogP contribution in [0.2, 0.25) is 0 Å². The minimum Gasteiger partial charge on any atom is -0.503 e. The number of hydrogen-bond acceptors (Lipinski definition) is 5. The first kappa shape index (κ1) is 21.8. The summed E-state index contributed by atoms with van der Waals surface area (Å²) in [5.74, 6) is -8.21. The fourth-order valence-electron chi connectivity index (χ4n) is 3.76. The number of nitrogens with one attached hydrogen (secondary N) is 1. The first-order valence-corrected chi connectivity index (χ1v) is 9.44. The van der Waals surface area contributed by atoms with Gasteiger partial charge in [0.05, 0.1) is 13.1 Å². The number of amides is 2. The molecule has 170 valence electrons. The van der Waals surface area contributed by atoms with Gasteiger partial charge in [0.15, 0.2) is 17.2 Å². The number of hydrogen-bond donors (Lipinski definition) is 2. The number of aromatic nitrogens is 1. The summed E-state index contributed by atoms with van der Waals surface area (Å²) in [6, 6.07) is 2.72. The van der Waals surface area contributed by atoms with Gasteiger partial charge in [0.1, 0.15) is 23.8 Å². The number of carbonyl (C=O) groups is 2. The van der Waals surface area contributed by atoms with Gasteiger partial charge in [0.25, 0.3) is 17.7 Å². The van der Waals surface area contributed by atoms with Crippen LogP contribution < -0.4 is 10.7 Å². The van der Waals surface area contributed by atoms with Gasteiger partial charge in [-0.2, -0.15) is 0 Å². The zero-order chi connectivity index (χ0) is 23.4. The molecule has 0 spiro atoms. The van der Waals surface area contributed by atoms with Gasteiger partial charge in [-0.05, 0) is 13.0 Å². The lowest BCUT2D eigenvalue weighted by molar-refractivity contribution is -0.143. The van der Waals surface area contributed by atoms with Gasteiger partial charge in [-0.1, -0.05) is 6.07 Å². The first-order chi connectivity index (χ1) is 14.9. The third-order valence-corrected chi connectivity index (χ3v) is 5.38. The quantitative estimate of drug-likeness (QED) is 0.685. The summed E-state index contributed by atoms with van der Waals surface area (Å²) >= 11 is 0. The maximum Gasteiger partial charge on any atom is 0.288 e. The fourth-order valence-corrected chi connectivity index (χ4v) is 3.76. The average molecular weight is 455 g/mol. The smallest absolute Gasteiger partial charge is 0.288 e. The lowest BCUT2D eigenvalue weighted by Gasteiger charge is -2.40. The van der Waals surface area contributed by atoms with Crippen molar-refractivity contribution < 1.29 is 37.0 Å². The van der Waals surface area contributed by atoms with Crippen molar-refractivity contribution in [3.05, 3.63) is 63.1 Å². The molecule has 0 aliphatic carbocycles. The Morgan fingerprint density at radius 3 is 2.66 bits per heavy atom. The van der Waals surface area contributed by atoms with Crippen molar-refractivity contribution in [1.82, 2.24) is 14.8 Å². The number of benzene rings is 1. The number of fused-ring (bicyclic) bond motifs is 4. The average Bonchev–Trinajstić information content (AvgIpc) is 2.82. The zero-order valence-corrected chi connectivity index (χ0v) is 16.6. The van der Waals surface area contributed by atoms with Crippen LogP contribution in [-0.2, 0) is 17.0 Å². The normalized spacial score (nSPS) is 21.7. The van der Waals surface area contributed by atoms with Crippen LogP contribution in [0.3, 0.4) is 0 Å². The highest BCUT2D eigenvalue weighted by molar-refractivity contribution is 5.99. The van der Waals surface area contributed by atoms with Crippen LogP contribution in [0, 0.1) is 11.6 Å². The van der Waals surface area contributed by atoms with Crippen LogP contribution in [0.4, 0.5) is 17.6 Å². The topological polar surface area (TPSA) is 101 Å². The van der Waals surface area contributed by atoms with Crippen molar-refractivity contribution in [3.8, 4) is 5.75 Å². The summed E-state index contributed by atoms with van der Waals surface area (Å²) in [5, 5.41) is 12.7. The van der Waals surface area contributed by atoms with Crippen molar-refractivity contribution in [2.75, 3.05) is 19.7 Å². The Kier molecular flexibility index (Phi) is 4.99. The Bertz CT molecular complexity index is 1200. The molecule has 1 unspecified atom stereocenters. The molecule has 3 heterocycles. The molecule has 12 heteroatoms. The molecule has 2 aliphatic heterocycles. The van der Waals surface area contributed by atoms with Crippen molar-refractivity contribution in [1.29, 1.82) is 0 Å². The molecule has 4 rings (SSSR count). The van der Waals surface area contributed by atoms with Gasteiger partial charge < -0.3 is 24.6 Å². The Morgan fingerprint density at radius 1 is 1.25 bits per heavy atom. The van der Waals surface area contributed by atoms with E-state index in [4.69, 9.17) is 4.74 Å². The first-order valence-electron chi connectivity index (χ1n) is 9.44. The molecule has 0 saturated carbocycles. The third-order valence-electron chi connectivity index (χ3n) is 5.38. The largest absolute Gasteiger partial charge is 0.503 e. The lowest BCUT2D eigenvalue weighted by atomic mass is 10.1. The molecule has 2 aromatic rings. The van der Waals surface area contributed by atoms with Crippen LogP contribution in [0.5, 0.6) is 5.75 Å². The molecular weight excluding hydrogens is 438 g/mol. The summed E-state index contributed by atoms with van der Waals surface area (Å²) in [6.45, 7) is -1.32. The second-order valence-electron chi connectivity index (χ2n) is 7.84. The minimum absolute atomic E-state index is 0.0610. The van der Waals surface area contributed by atoms with Crippen molar-refractivity contribution in [3.63, 3.8) is 0 Å². The predicted molar refractivity (Wildman–Crippen MR) is 100 cm³/mol. The highest BCUT2D eigenvalue weighted by Crippen LogP contribution is 2.36. The van der Waals surface area contributed by atoms with Gasteiger partial charge in [0, 0.05) is 24.4 Å². The van der Waals surface area contributed by atoms with Gasteiger partial charge in [-0.15, -0.1) is 0 Å². The monoisotopic (exact) mass is 455 g/mol. The number of alkyl halides is 2. The van der Waals surface area contributed by atoms with E-state index >= 15 is 0 Å². The summed E-state index contributed by atoms with van der Waals surface area (Å²) < 4.78 is 61.1. The molecule has 2 aliphatic rings. The maximum atomic E-state index is 14.0. The van der Waals surface area contributed by atoms with E-state index in [9.17, 15) is 37.1 Å². The second-order valence-corrected chi connectivity index (χ2v) is 7.84. The molecule has 8 nitrogen and oxygen atoms in total. The number of halogens is 4. The van der Waals surface area contributed by atoms with E-state index in [0.717, 1.165) is 27.8 Å². The number of carbonyl (C=O) groups excluding carboxylic acids is 2. The second kappa shape index (κ2) is 7.33. The predicted octanol–water partition coefficient (Wildman–Crippen LogP) is 1.56. The Balaban J connectivity index is 1.71. The molecule has 0 radical (unpaired) electrons. The highest BCUT2D eigenvalue weighted by atomic mass is 19.3. The molecular formula is C20H17F4N3O5. The van der Waals surface area contributed by atoms with Gasteiger partial charge in [-0.25, -0.2) is 17.6 Å². The molecule has 1 atom stereocenters. The molecule has 1 aromatic heterocycles. The number of rotatable bonds is 3. The van der Waals surface area contributed by atoms with E-state index < -0.39 is 77.2 Å². The minimum atomic E-state index is -3.36. The number of pyridine rings is 1. The van der Waals surface area contributed by atoms with Crippen LogP contribution in [-0.4, -0.2) is 52.0 Å². The standard InChI is InChI=1S/C20H17F4N3O5/c1-19-7-26(8-20(23,24)9-32-19)18(31)14-16(29)15(28)12(6-27(14)19)17(30)25-5-10-2-3-11(21)4-13(10)22/h2-4,6,29H,5,7-9H2,1H3,(H,25,30). The molecule has 32 heavy (non-hydrogen) atoms.